The number of piperidine rings is 1. The highest BCUT2D eigenvalue weighted by molar-refractivity contribution is 6.42. The molecular weight excluding hydrogens is 321 g/mol. The zero-order valence-corrected chi connectivity index (χ0v) is 13.3. The van der Waals surface area contributed by atoms with Crippen LogP contribution in [0.1, 0.15) is 6.42 Å². The molecule has 0 radical (unpaired) electrons. The van der Waals surface area contributed by atoms with Gasteiger partial charge in [-0.2, -0.15) is 0 Å². The maximum atomic E-state index is 6.00. The highest BCUT2D eigenvalue weighted by Crippen LogP contribution is 2.27. The third kappa shape index (κ3) is 2.72. The molecule has 2 bridgehead atoms. The van der Waals surface area contributed by atoms with Crippen molar-refractivity contribution in [3.05, 3.63) is 40.4 Å². The van der Waals surface area contributed by atoms with Gasteiger partial charge >= 0.3 is 0 Å². The molecule has 1 aromatic carbocycles. The number of halogens is 2. The average molecular weight is 336 g/mol. The first kappa shape index (κ1) is 14.1. The van der Waals surface area contributed by atoms with E-state index < -0.39 is 0 Å². The standard InChI is InChI=1S/C15H15Cl2N5/c16-12-2-1-9(6-13(12)17)19-14-3-4-15(21-20-14)22-7-10-5-11(8-22)18-10/h1-4,6,10-11,18H,5,7-8H2,(H,19,20). The van der Waals surface area contributed by atoms with Crippen LogP contribution in [-0.4, -0.2) is 35.4 Å². The Labute approximate surface area is 138 Å². The van der Waals surface area contributed by atoms with E-state index in [4.69, 9.17) is 23.2 Å². The molecule has 3 saturated heterocycles. The van der Waals surface area contributed by atoms with Crippen molar-refractivity contribution >= 4 is 40.5 Å². The lowest BCUT2D eigenvalue weighted by molar-refractivity contribution is 0.225. The molecule has 0 spiro atoms. The largest absolute Gasteiger partial charge is 0.352 e. The fourth-order valence-corrected chi connectivity index (χ4v) is 3.28. The monoisotopic (exact) mass is 335 g/mol. The van der Waals surface area contributed by atoms with Gasteiger partial charge in [0.2, 0.25) is 0 Å². The molecule has 2 N–H and O–H groups in total. The Bertz CT molecular complexity index is 675. The summed E-state index contributed by atoms with van der Waals surface area (Å²) in [5, 5.41) is 16.3. The first-order chi connectivity index (χ1) is 10.7. The maximum absolute atomic E-state index is 6.00. The number of nitrogens with zero attached hydrogens (tertiary/aromatic N) is 3. The van der Waals surface area contributed by atoms with Gasteiger partial charge in [0.15, 0.2) is 11.6 Å². The molecule has 5 nitrogen and oxygen atoms in total. The number of hydrogen-bond donors (Lipinski definition) is 2. The lowest BCUT2D eigenvalue weighted by Gasteiger charge is -2.48. The van der Waals surface area contributed by atoms with E-state index in [1.807, 2.05) is 18.2 Å². The van der Waals surface area contributed by atoms with Crippen LogP contribution in [0.5, 0.6) is 0 Å². The Kier molecular flexibility index (Phi) is 3.56. The van der Waals surface area contributed by atoms with E-state index in [2.05, 4.69) is 25.7 Å². The molecule has 2 unspecified atom stereocenters. The molecule has 2 atom stereocenters. The second-order valence-corrected chi connectivity index (χ2v) is 6.55. The van der Waals surface area contributed by atoms with Crippen LogP contribution >= 0.6 is 23.2 Å². The summed E-state index contributed by atoms with van der Waals surface area (Å²) in [4.78, 5) is 2.28. The summed E-state index contributed by atoms with van der Waals surface area (Å²) >= 11 is 11.9. The molecule has 114 valence electrons. The maximum Gasteiger partial charge on any atom is 0.153 e. The molecule has 3 aliphatic rings. The molecule has 0 aliphatic carbocycles. The van der Waals surface area contributed by atoms with Crippen molar-refractivity contribution in [2.24, 2.45) is 0 Å². The summed E-state index contributed by atoms with van der Waals surface area (Å²) in [6.45, 7) is 2.01. The predicted molar refractivity (Wildman–Crippen MR) is 89.3 cm³/mol. The van der Waals surface area contributed by atoms with Gasteiger partial charge in [-0.05, 0) is 36.8 Å². The van der Waals surface area contributed by atoms with E-state index in [0.29, 0.717) is 27.9 Å². The third-order valence-corrected chi connectivity index (χ3v) is 4.83. The first-order valence-corrected chi connectivity index (χ1v) is 8.00. The van der Waals surface area contributed by atoms with Crippen LogP contribution in [0.4, 0.5) is 17.3 Å². The van der Waals surface area contributed by atoms with E-state index in [0.717, 1.165) is 24.6 Å². The molecule has 22 heavy (non-hydrogen) atoms. The molecule has 4 heterocycles. The summed E-state index contributed by atoms with van der Waals surface area (Å²) in [5.41, 5.74) is 0.833. The molecule has 5 rings (SSSR count). The van der Waals surface area contributed by atoms with Crippen LogP contribution in [0.25, 0.3) is 0 Å². The zero-order chi connectivity index (χ0) is 15.1. The Morgan fingerprint density at radius 2 is 1.82 bits per heavy atom. The van der Waals surface area contributed by atoms with E-state index in [1.54, 1.807) is 12.1 Å². The topological polar surface area (TPSA) is 53.1 Å². The quantitative estimate of drug-likeness (QED) is 0.902. The molecular formula is C15H15Cl2N5. The van der Waals surface area contributed by atoms with Crippen LogP contribution in [0.3, 0.4) is 0 Å². The van der Waals surface area contributed by atoms with Gasteiger partial charge in [-0.25, -0.2) is 0 Å². The summed E-state index contributed by atoms with van der Waals surface area (Å²) in [6, 6.07) is 10.5. The molecule has 3 fully saturated rings. The van der Waals surface area contributed by atoms with Crippen molar-refractivity contribution in [3.8, 4) is 0 Å². The molecule has 2 aromatic rings. The summed E-state index contributed by atoms with van der Waals surface area (Å²) in [6.07, 6.45) is 1.28. The van der Waals surface area contributed by atoms with Gasteiger partial charge in [0.05, 0.1) is 10.0 Å². The average Bonchev–Trinajstić information content (AvgIpc) is 2.51. The SMILES string of the molecule is Clc1ccc(Nc2ccc(N3CC4CC(C3)N4)nn2)cc1Cl. The van der Waals surface area contributed by atoms with Crippen molar-refractivity contribution < 1.29 is 0 Å². The number of fused-ring (bicyclic) bond motifs is 2. The van der Waals surface area contributed by atoms with E-state index in [1.165, 1.54) is 6.42 Å². The van der Waals surface area contributed by atoms with Crippen LogP contribution in [0, 0.1) is 0 Å². The van der Waals surface area contributed by atoms with Crippen molar-refractivity contribution in [1.29, 1.82) is 0 Å². The number of rotatable bonds is 3. The summed E-state index contributed by atoms with van der Waals surface area (Å²) in [7, 11) is 0. The Morgan fingerprint density at radius 1 is 1.05 bits per heavy atom. The van der Waals surface area contributed by atoms with Crippen molar-refractivity contribution in [1.82, 2.24) is 15.5 Å². The Hall–Kier alpha value is -1.56. The lowest BCUT2D eigenvalue weighted by Crippen LogP contribution is -2.67. The minimum Gasteiger partial charge on any atom is -0.352 e. The first-order valence-electron chi connectivity index (χ1n) is 7.24. The van der Waals surface area contributed by atoms with Crippen LogP contribution in [0.2, 0.25) is 10.0 Å². The van der Waals surface area contributed by atoms with Crippen molar-refractivity contribution in [2.75, 3.05) is 23.3 Å². The normalized spacial score (nSPS) is 23.1. The second-order valence-electron chi connectivity index (χ2n) is 5.73. The Morgan fingerprint density at radius 3 is 2.45 bits per heavy atom. The third-order valence-electron chi connectivity index (χ3n) is 4.09. The van der Waals surface area contributed by atoms with Gasteiger partial charge in [-0.1, -0.05) is 23.2 Å². The zero-order valence-electron chi connectivity index (χ0n) is 11.8. The number of piperazine rings is 1. The summed E-state index contributed by atoms with van der Waals surface area (Å²) in [5.74, 6) is 1.61. The summed E-state index contributed by atoms with van der Waals surface area (Å²) < 4.78 is 0. The van der Waals surface area contributed by atoms with Crippen LogP contribution in [-0.2, 0) is 0 Å². The van der Waals surface area contributed by atoms with Gasteiger partial charge in [0.25, 0.3) is 0 Å². The number of nitrogens with one attached hydrogen (secondary N) is 2. The van der Waals surface area contributed by atoms with Crippen LogP contribution in [0.15, 0.2) is 30.3 Å². The van der Waals surface area contributed by atoms with Gasteiger partial charge in [0.1, 0.15) is 0 Å². The van der Waals surface area contributed by atoms with Gasteiger partial charge in [0, 0.05) is 30.9 Å². The van der Waals surface area contributed by atoms with Crippen molar-refractivity contribution in [3.63, 3.8) is 0 Å². The van der Waals surface area contributed by atoms with Crippen molar-refractivity contribution in [2.45, 2.75) is 18.5 Å². The lowest BCUT2D eigenvalue weighted by atomic mass is 9.91. The second kappa shape index (κ2) is 5.57. The molecule has 7 heteroatoms. The fourth-order valence-electron chi connectivity index (χ4n) is 2.98. The highest BCUT2D eigenvalue weighted by Gasteiger charge is 2.36. The van der Waals surface area contributed by atoms with Gasteiger partial charge in [-0.15, -0.1) is 10.2 Å². The van der Waals surface area contributed by atoms with E-state index in [-0.39, 0.29) is 0 Å². The molecule has 1 aromatic heterocycles. The molecule has 0 saturated carbocycles. The van der Waals surface area contributed by atoms with Gasteiger partial charge in [-0.3, -0.25) is 0 Å². The van der Waals surface area contributed by atoms with E-state index >= 15 is 0 Å². The minimum absolute atomic E-state index is 0.510. The highest BCUT2D eigenvalue weighted by atomic mass is 35.5. The number of hydrogen-bond acceptors (Lipinski definition) is 5. The van der Waals surface area contributed by atoms with E-state index in [9.17, 15) is 0 Å². The Balaban J connectivity index is 1.46. The smallest absolute Gasteiger partial charge is 0.153 e. The minimum atomic E-state index is 0.510. The number of benzene rings is 1. The van der Waals surface area contributed by atoms with Gasteiger partial charge < -0.3 is 15.5 Å². The number of anilines is 3. The molecule has 0 amide bonds. The number of aromatic nitrogens is 2. The predicted octanol–water partition coefficient (Wildman–Crippen LogP) is 3.08. The van der Waals surface area contributed by atoms with Crippen LogP contribution < -0.4 is 15.5 Å². The molecule has 3 aliphatic heterocycles. The fraction of sp³-hybridized carbons (Fsp3) is 0.333.